The molecule has 4 nitrogen and oxygen atoms in total. The third-order valence-electron chi connectivity index (χ3n) is 3.78. The Hall–Kier alpha value is -2.69. The maximum Gasteiger partial charge on any atom is 0.304 e. The first-order valence-electron chi connectivity index (χ1n) is 6.96. The van der Waals surface area contributed by atoms with Crippen molar-refractivity contribution in [1.82, 2.24) is 9.38 Å². The van der Waals surface area contributed by atoms with E-state index in [9.17, 15) is 14.3 Å². The first-order chi connectivity index (χ1) is 10.6. The Labute approximate surface area is 126 Å². The number of carbonyl (C=O) groups is 1. The minimum Gasteiger partial charge on any atom is -0.481 e. The number of aromatic nitrogens is 2. The molecule has 22 heavy (non-hydrogen) atoms. The molecule has 0 amide bonds. The minimum atomic E-state index is -0.976. The van der Waals surface area contributed by atoms with E-state index in [1.807, 2.05) is 29.7 Å². The van der Waals surface area contributed by atoms with E-state index in [2.05, 4.69) is 4.98 Å². The van der Waals surface area contributed by atoms with Crippen molar-refractivity contribution in [2.45, 2.75) is 19.3 Å². The van der Waals surface area contributed by atoms with Crippen LogP contribution in [-0.2, 0) is 4.79 Å². The number of hydrogen-bond donors (Lipinski definition) is 1. The zero-order chi connectivity index (χ0) is 15.7. The van der Waals surface area contributed by atoms with E-state index in [0.29, 0.717) is 11.3 Å². The van der Waals surface area contributed by atoms with Gasteiger partial charge in [-0.1, -0.05) is 24.3 Å². The summed E-state index contributed by atoms with van der Waals surface area (Å²) < 4.78 is 16.0. The molecule has 5 heteroatoms. The molecule has 0 bridgehead atoms. The van der Waals surface area contributed by atoms with E-state index in [-0.39, 0.29) is 6.42 Å². The summed E-state index contributed by atoms with van der Waals surface area (Å²) in [7, 11) is 0. The maximum absolute atomic E-state index is 14.1. The van der Waals surface area contributed by atoms with Crippen molar-refractivity contribution < 1.29 is 14.3 Å². The Bertz CT molecular complexity index is 842. The normalized spacial score (nSPS) is 12.5. The molecule has 0 radical (unpaired) electrons. The Balaban J connectivity index is 2.19. The molecule has 0 saturated heterocycles. The number of benzene rings is 1. The molecule has 3 aromatic rings. The third-order valence-corrected chi connectivity index (χ3v) is 3.78. The van der Waals surface area contributed by atoms with Crippen molar-refractivity contribution in [3.8, 4) is 0 Å². The van der Waals surface area contributed by atoms with Crippen molar-refractivity contribution >= 4 is 11.6 Å². The molecule has 1 aromatic carbocycles. The Kier molecular flexibility index (Phi) is 3.63. The number of halogens is 1. The molecule has 0 spiro atoms. The molecule has 3 rings (SSSR count). The van der Waals surface area contributed by atoms with E-state index >= 15 is 0 Å². The molecular formula is C17H15FN2O2. The van der Waals surface area contributed by atoms with Crippen LogP contribution >= 0.6 is 0 Å². The standard InChI is InChI=1S/C17H15FN2O2/c1-11-5-4-8-20-15(10-19-17(11)20)13(9-16(21)22)12-6-2-3-7-14(12)18/h2-8,10,13H,9H2,1H3,(H,21,22). The predicted octanol–water partition coefficient (Wildman–Crippen LogP) is 3.39. The molecular weight excluding hydrogens is 283 g/mol. The molecule has 112 valence electrons. The first-order valence-corrected chi connectivity index (χ1v) is 6.96. The highest BCUT2D eigenvalue weighted by Gasteiger charge is 2.24. The number of aryl methyl sites for hydroxylation is 1. The fourth-order valence-electron chi connectivity index (χ4n) is 2.73. The van der Waals surface area contributed by atoms with Gasteiger partial charge < -0.3 is 9.51 Å². The van der Waals surface area contributed by atoms with E-state index in [1.54, 1.807) is 24.4 Å². The fourth-order valence-corrected chi connectivity index (χ4v) is 2.73. The van der Waals surface area contributed by atoms with Crippen molar-refractivity contribution in [2.75, 3.05) is 0 Å². The topological polar surface area (TPSA) is 54.6 Å². The van der Waals surface area contributed by atoms with Gasteiger partial charge in [0, 0.05) is 18.3 Å². The van der Waals surface area contributed by atoms with Gasteiger partial charge in [-0.25, -0.2) is 9.37 Å². The zero-order valence-electron chi connectivity index (χ0n) is 12.0. The average molecular weight is 298 g/mol. The molecule has 0 aliphatic rings. The van der Waals surface area contributed by atoms with Crippen LogP contribution in [0, 0.1) is 12.7 Å². The number of pyridine rings is 1. The molecule has 0 saturated carbocycles. The summed E-state index contributed by atoms with van der Waals surface area (Å²) >= 11 is 0. The number of carboxylic acids is 1. The van der Waals surface area contributed by atoms with Crippen molar-refractivity contribution in [2.24, 2.45) is 0 Å². The predicted molar refractivity (Wildman–Crippen MR) is 80.4 cm³/mol. The lowest BCUT2D eigenvalue weighted by molar-refractivity contribution is -0.137. The summed E-state index contributed by atoms with van der Waals surface area (Å²) in [6.45, 7) is 1.93. The molecule has 2 heterocycles. The van der Waals surface area contributed by atoms with Gasteiger partial charge in [0.25, 0.3) is 0 Å². The van der Waals surface area contributed by atoms with Crippen LogP contribution < -0.4 is 0 Å². The number of fused-ring (bicyclic) bond motifs is 1. The lowest BCUT2D eigenvalue weighted by Crippen LogP contribution is -2.11. The van der Waals surface area contributed by atoms with E-state index in [0.717, 1.165) is 11.2 Å². The molecule has 0 aliphatic heterocycles. The monoisotopic (exact) mass is 298 g/mol. The second-order valence-corrected chi connectivity index (χ2v) is 5.24. The van der Waals surface area contributed by atoms with Gasteiger partial charge in [-0.3, -0.25) is 4.79 Å². The third kappa shape index (κ3) is 2.45. The van der Waals surface area contributed by atoms with E-state index in [1.165, 1.54) is 6.07 Å². The first kappa shape index (κ1) is 14.3. The fraction of sp³-hybridized carbons (Fsp3) is 0.176. The number of hydrogen-bond acceptors (Lipinski definition) is 2. The van der Waals surface area contributed by atoms with Gasteiger partial charge in [-0.2, -0.15) is 0 Å². The van der Waals surface area contributed by atoms with Crippen LogP contribution in [0.5, 0.6) is 0 Å². The van der Waals surface area contributed by atoms with Gasteiger partial charge in [-0.15, -0.1) is 0 Å². The SMILES string of the molecule is Cc1cccn2c(C(CC(=O)O)c3ccccc3F)cnc12. The Morgan fingerprint density at radius 2 is 2.09 bits per heavy atom. The van der Waals surface area contributed by atoms with Crippen molar-refractivity contribution in [3.05, 3.63) is 71.4 Å². The van der Waals surface area contributed by atoms with Gasteiger partial charge in [0.05, 0.1) is 12.1 Å². The molecule has 1 N–H and O–H groups in total. The van der Waals surface area contributed by atoms with Crippen molar-refractivity contribution in [3.63, 3.8) is 0 Å². The van der Waals surface area contributed by atoms with Crippen LogP contribution in [0.1, 0.15) is 29.2 Å². The largest absolute Gasteiger partial charge is 0.481 e. The number of carboxylic acid groups (broad SMARTS) is 1. The van der Waals surface area contributed by atoms with Crippen LogP contribution in [-0.4, -0.2) is 20.5 Å². The van der Waals surface area contributed by atoms with Crippen LogP contribution in [0.4, 0.5) is 4.39 Å². The van der Waals surface area contributed by atoms with Crippen LogP contribution in [0.2, 0.25) is 0 Å². The number of rotatable bonds is 4. The number of aliphatic carboxylic acids is 1. The number of nitrogens with zero attached hydrogens (tertiary/aromatic N) is 2. The van der Waals surface area contributed by atoms with Crippen LogP contribution in [0.25, 0.3) is 5.65 Å². The quantitative estimate of drug-likeness (QED) is 0.803. The van der Waals surface area contributed by atoms with Crippen LogP contribution in [0.3, 0.4) is 0 Å². The molecule has 2 aromatic heterocycles. The second-order valence-electron chi connectivity index (χ2n) is 5.24. The zero-order valence-corrected chi connectivity index (χ0v) is 12.0. The molecule has 0 aliphatic carbocycles. The summed E-state index contributed by atoms with van der Waals surface area (Å²) in [6.07, 6.45) is 3.26. The van der Waals surface area contributed by atoms with E-state index in [4.69, 9.17) is 0 Å². The highest BCUT2D eigenvalue weighted by atomic mass is 19.1. The lowest BCUT2D eigenvalue weighted by atomic mass is 9.92. The highest BCUT2D eigenvalue weighted by Crippen LogP contribution is 2.30. The summed E-state index contributed by atoms with van der Waals surface area (Å²) in [5.41, 5.74) is 2.78. The summed E-state index contributed by atoms with van der Waals surface area (Å²) in [6, 6.07) is 10.1. The summed E-state index contributed by atoms with van der Waals surface area (Å²) in [5, 5.41) is 9.21. The van der Waals surface area contributed by atoms with Gasteiger partial charge in [0.1, 0.15) is 11.5 Å². The van der Waals surface area contributed by atoms with Crippen LogP contribution in [0.15, 0.2) is 48.8 Å². The summed E-state index contributed by atoms with van der Waals surface area (Å²) in [4.78, 5) is 15.6. The average Bonchev–Trinajstić information content (AvgIpc) is 2.91. The van der Waals surface area contributed by atoms with Gasteiger partial charge >= 0.3 is 5.97 Å². The Morgan fingerprint density at radius 1 is 1.32 bits per heavy atom. The minimum absolute atomic E-state index is 0.192. The van der Waals surface area contributed by atoms with Gasteiger partial charge in [-0.05, 0) is 30.2 Å². The molecule has 1 atom stereocenters. The second kappa shape index (κ2) is 5.60. The number of imidazole rings is 1. The smallest absolute Gasteiger partial charge is 0.304 e. The van der Waals surface area contributed by atoms with Gasteiger partial charge in [0.2, 0.25) is 0 Å². The van der Waals surface area contributed by atoms with E-state index < -0.39 is 17.7 Å². The highest BCUT2D eigenvalue weighted by molar-refractivity contribution is 5.69. The van der Waals surface area contributed by atoms with Gasteiger partial charge in [0.15, 0.2) is 0 Å². The molecule has 0 fully saturated rings. The maximum atomic E-state index is 14.1. The van der Waals surface area contributed by atoms with Crippen molar-refractivity contribution in [1.29, 1.82) is 0 Å². The molecule has 1 unspecified atom stereocenters. The lowest BCUT2D eigenvalue weighted by Gasteiger charge is -2.16. The summed E-state index contributed by atoms with van der Waals surface area (Å²) in [5.74, 6) is -1.97. The Morgan fingerprint density at radius 3 is 2.82 bits per heavy atom.